The third kappa shape index (κ3) is 5.04. The van der Waals surface area contributed by atoms with Crippen molar-refractivity contribution in [1.29, 1.82) is 5.26 Å². The lowest BCUT2D eigenvalue weighted by Gasteiger charge is -2.46. The van der Waals surface area contributed by atoms with E-state index in [9.17, 15) is 10.4 Å². The summed E-state index contributed by atoms with van der Waals surface area (Å²) >= 11 is 0. The minimum absolute atomic E-state index is 0.0364. The molecule has 0 bridgehead atoms. The molecule has 37 heavy (non-hydrogen) atoms. The van der Waals surface area contributed by atoms with Gasteiger partial charge in [0.15, 0.2) is 0 Å². The predicted octanol–water partition coefficient (Wildman–Crippen LogP) is -3.91. The number of nitrogens with zero attached hydrogens (tertiary/aromatic N) is 3. The van der Waals surface area contributed by atoms with E-state index in [1.807, 2.05) is 63.4 Å². The van der Waals surface area contributed by atoms with Crippen LogP contribution in [-0.2, 0) is 10.7 Å². The molecule has 7 nitrogen and oxygen atoms in total. The van der Waals surface area contributed by atoms with Crippen LogP contribution in [0.25, 0.3) is 22.8 Å². The maximum Gasteiger partial charge on any atom is 0.258 e. The van der Waals surface area contributed by atoms with Gasteiger partial charge in [0, 0.05) is 22.0 Å². The fourth-order valence-electron chi connectivity index (χ4n) is 5.51. The smallest absolute Gasteiger partial charge is 0.258 e. The van der Waals surface area contributed by atoms with E-state index in [1.54, 1.807) is 12.1 Å². The predicted molar refractivity (Wildman–Crippen MR) is 164 cm³/mol. The lowest BCUT2D eigenvalue weighted by atomic mass is 9.39. The fraction of sp³-hybridized carbons (Fsp3) is 0.348. The summed E-state index contributed by atoms with van der Waals surface area (Å²) in [5, 5.41) is 26.9. The molecular weight excluding hydrogens is 456 g/mol. The number of hydrogen-bond acceptors (Lipinski definition) is 7. The Kier molecular flexibility index (Phi) is 6.80. The number of benzene rings is 2. The van der Waals surface area contributed by atoms with Crippen LogP contribution in [-0.4, -0.2) is 87.0 Å². The Hall–Kier alpha value is -2.76. The molecule has 0 radical (unpaired) electrons. The van der Waals surface area contributed by atoms with Crippen molar-refractivity contribution in [3.8, 4) is 34.7 Å². The molecule has 1 aliphatic carbocycles. The average Bonchev–Trinajstić information content (AvgIpc) is 3.34. The van der Waals surface area contributed by atoms with Gasteiger partial charge < -0.3 is 19.7 Å². The molecule has 14 heteroatoms. The normalized spacial score (nSPS) is 18.9. The minimum Gasteiger partial charge on any atom is -0.490 e. The summed E-state index contributed by atoms with van der Waals surface area (Å²) < 4.78 is 11.4. The second-order valence-electron chi connectivity index (χ2n) is 12.3. The van der Waals surface area contributed by atoms with Crippen molar-refractivity contribution in [2.45, 2.75) is 47.8 Å². The Bertz CT molecular complexity index is 1380. The van der Waals surface area contributed by atoms with E-state index in [0.29, 0.717) is 28.6 Å². The zero-order valence-electron chi connectivity index (χ0n) is 23.4. The molecule has 0 spiro atoms. The van der Waals surface area contributed by atoms with Gasteiger partial charge in [-0.2, -0.15) is 10.2 Å². The summed E-state index contributed by atoms with van der Waals surface area (Å²) in [6, 6.07) is 13.7. The van der Waals surface area contributed by atoms with Gasteiger partial charge in [-0.15, -0.1) is 0 Å². The molecule has 3 aromatic rings. The molecular formula is C23H31B7N4O3. The van der Waals surface area contributed by atoms with Crippen LogP contribution in [0.1, 0.15) is 37.0 Å². The van der Waals surface area contributed by atoms with Crippen molar-refractivity contribution < 1.29 is 14.4 Å². The summed E-state index contributed by atoms with van der Waals surface area (Å²) in [5.74, 6) is 1.39. The van der Waals surface area contributed by atoms with E-state index >= 15 is 0 Å². The van der Waals surface area contributed by atoms with E-state index in [-0.39, 0.29) is 16.8 Å². The highest BCUT2D eigenvalue weighted by molar-refractivity contribution is 6.54. The van der Waals surface area contributed by atoms with Crippen LogP contribution in [0.3, 0.4) is 0 Å². The monoisotopic (exact) mass is 488 g/mol. The van der Waals surface area contributed by atoms with E-state index < -0.39 is 10.7 Å². The number of nitriles is 1. The van der Waals surface area contributed by atoms with E-state index in [2.05, 4.69) is 46.1 Å². The van der Waals surface area contributed by atoms with Gasteiger partial charge >= 0.3 is 0 Å². The number of aliphatic hydroxyl groups is 1. The van der Waals surface area contributed by atoms with Crippen LogP contribution in [0.15, 0.2) is 40.9 Å². The fourth-order valence-corrected chi connectivity index (χ4v) is 5.51. The highest BCUT2D eigenvalue weighted by Crippen LogP contribution is 2.48. The zero-order chi connectivity index (χ0) is 27.4. The molecule has 4 rings (SSSR count). The number of aromatic nitrogens is 2. The molecule has 0 saturated carbocycles. The van der Waals surface area contributed by atoms with Gasteiger partial charge in [0.2, 0.25) is 5.82 Å². The van der Waals surface area contributed by atoms with Crippen molar-refractivity contribution in [1.82, 2.24) is 15.5 Å². The van der Waals surface area contributed by atoms with E-state index in [0.717, 1.165) is 12.0 Å². The quantitative estimate of drug-likeness (QED) is 0.329. The number of fused-ring (bicyclic) bond motifs is 1. The van der Waals surface area contributed by atoms with Crippen molar-refractivity contribution in [2.75, 3.05) is 0 Å². The molecule has 1 atom stereocenters. The average molecular weight is 487 g/mol. The van der Waals surface area contributed by atoms with E-state index in [4.69, 9.17) is 14.2 Å². The summed E-state index contributed by atoms with van der Waals surface area (Å²) in [6.07, 6.45) is 0.810. The van der Waals surface area contributed by atoms with Crippen molar-refractivity contribution >= 4 is 54.9 Å². The molecule has 0 aliphatic heterocycles. The lowest BCUT2D eigenvalue weighted by Crippen LogP contribution is -2.70. The van der Waals surface area contributed by atoms with Gasteiger partial charge in [0.1, 0.15) is 66.7 Å². The molecule has 2 aromatic carbocycles. The van der Waals surface area contributed by atoms with Crippen molar-refractivity contribution in [3.05, 3.63) is 53.1 Å². The molecule has 2 N–H and O–H groups in total. The third-order valence-corrected chi connectivity index (χ3v) is 7.63. The minimum atomic E-state index is -0.916. The van der Waals surface area contributed by atoms with Crippen LogP contribution in [0, 0.1) is 11.3 Å². The Labute approximate surface area is 225 Å². The van der Waals surface area contributed by atoms with Crippen LogP contribution in [0.5, 0.6) is 5.75 Å². The van der Waals surface area contributed by atoms with Crippen LogP contribution in [0.2, 0.25) is 0 Å². The highest BCUT2D eigenvalue weighted by Gasteiger charge is 2.49. The Morgan fingerprint density at radius 2 is 1.86 bits per heavy atom. The molecule has 0 amide bonds. The van der Waals surface area contributed by atoms with Gasteiger partial charge in [-0.3, -0.25) is 0 Å². The first kappa shape index (κ1) is 27.3. The summed E-state index contributed by atoms with van der Waals surface area (Å²) in [4.78, 5) is 4.73. The molecule has 0 saturated heterocycles. The topological polar surface area (TPSA) is 104 Å². The number of ether oxygens (including phenoxy) is 1. The molecule has 1 heterocycles. The van der Waals surface area contributed by atoms with Crippen molar-refractivity contribution in [2.24, 2.45) is 0 Å². The van der Waals surface area contributed by atoms with Gasteiger partial charge in [0.25, 0.3) is 5.89 Å². The van der Waals surface area contributed by atoms with Gasteiger partial charge in [-0.05, 0) is 54.9 Å². The molecule has 1 aromatic heterocycles. The number of hydrogen-bond donors (Lipinski definition) is 2. The van der Waals surface area contributed by atoms with Crippen molar-refractivity contribution in [3.63, 3.8) is 0 Å². The summed E-state index contributed by atoms with van der Waals surface area (Å²) in [6.45, 7) is 3.84. The first-order valence-corrected chi connectivity index (χ1v) is 12.8. The van der Waals surface area contributed by atoms with Crippen LogP contribution in [0.4, 0.5) is 0 Å². The van der Waals surface area contributed by atoms with Gasteiger partial charge in [-0.25, -0.2) is 0 Å². The number of nitrogens with one attached hydrogen (secondary N) is 1. The second-order valence-corrected chi connectivity index (χ2v) is 12.3. The maximum absolute atomic E-state index is 10.8. The standard InChI is InChI=1S/C23H31B7N4O3/c1-11(2)36-16-7-6-12(8-13(16)9-31)19-32-18(33-37-19)14-4-3-5-15-17(14)20(24,25)10-21(15,26)34-22(27,28)23(29,30)35/h3-8,11,34-35H,10,24-30H2,1-2H3/t21-/m0/s1. The Morgan fingerprint density at radius 1 is 1.16 bits per heavy atom. The van der Waals surface area contributed by atoms with Crippen LogP contribution < -0.4 is 10.1 Å². The largest absolute Gasteiger partial charge is 0.490 e. The SMILES string of the molecule is BC1(B)C[C@](B)(NC(B)(B)C(B)(B)O)c2cccc(-c3noc(-c4ccc(OC(C)C)c(C#N)c4)n3)c21. The summed E-state index contributed by atoms with van der Waals surface area (Å²) in [7, 11) is 14.4. The molecule has 1 aliphatic rings. The first-order valence-electron chi connectivity index (χ1n) is 12.8. The Morgan fingerprint density at radius 3 is 2.49 bits per heavy atom. The summed E-state index contributed by atoms with van der Waals surface area (Å²) in [5.41, 5.74) is 3.98. The van der Waals surface area contributed by atoms with Gasteiger partial charge in [0.05, 0.1) is 11.7 Å². The molecule has 0 fully saturated rings. The Balaban J connectivity index is 1.75. The van der Waals surface area contributed by atoms with Crippen LogP contribution >= 0.6 is 0 Å². The highest BCUT2D eigenvalue weighted by atomic mass is 16.5. The lowest BCUT2D eigenvalue weighted by molar-refractivity contribution is 0.163. The zero-order valence-corrected chi connectivity index (χ0v) is 23.4. The van der Waals surface area contributed by atoms with Gasteiger partial charge in [-0.1, -0.05) is 28.6 Å². The molecule has 0 unspecified atom stereocenters. The third-order valence-electron chi connectivity index (χ3n) is 7.63. The maximum atomic E-state index is 10.8. The number of rotatable bonds is 7. The first-order chi connectivity index (χ1) is 17.1. The second kappa shape index (κ2) is 9.22. The molecule has 182 valence electrons. The van der Waals surface area contributed by atoms with E-state index in [1.165, 1.54) is 11.1 Å².